The molecule has 5 heteroatoms. The number of nitrogens with zero attached hydrogens (tertiary/aromatic N) is 2. The summed E-state index contributed by atoms with van der Waals surface area (Å²) in [7, 11) is 1.74. The van der Waals surface area contributed by atoms with Crippen molar-refractivity contribution in [2.45, 2.75) is 18.9 Å². The van der Waals surface area contributed by atoms with Crippen molar-refractivity contribution in [3.05, 3.63) is 22.7 Å². The van der Waals surface area contributed by atoms with Crippen molar-refractivity contribution in [1.29, 1.82) is 0 Å². The van der Waals surface area contributed by atoms with Crippen LogP contribution in [0.2, 0.25) is 0 Å². The van der Waals surface area contributed by atoms with E-state index in [0.29, 0.717) is 11.9 Å². The molecule has 0 aliphatic carbocycles. The number of rotatable bonds is 2. The molecule has 0 radical (unpaired) electrons. The molecule has 1 aliphatic rings. The molecule has 1 aromatic heterocycles. The number of thioether (sulfide) groups is 1. The van der Waals surface area contributed by atoms with Gasteiger partial charge in [-0.25, -0.2) is 4.98 Å². The summed E-state index contributed by atoms with van der Waals surface area (Å²) < 4.78 is 1.55. The molecule has 0 atom stereocenters. The fraction of sp³-hybridized carbons (Fsp3) is 0.600. The first kappa shape index (κ1) is 10.5. The van der Waals surface area contributed by atoms with E-state index in [4.69, 9.17) is 0 Å². The third kappa shape index (κ3) is 2.53. The van der Waals surface area contributed by atoms with Gasteiger partial charge >= 0.3 is 0 Å². The number of anilines is 1. The fourth-order valence-corrected chi connectivity index (χ4v) is 2.74. The van der Waals surface area contributed by atoms with Gasteiger partial charge in [-0.3, -0.25) is 4.79 Å². The van der Waals surface area contributed by atoms with E-state index in [1.165, 1.54) is 11.5 Å². The zero-order chi connectivity index (χ0) is 10.7. The Labute approximate surface area is 93.1 Å². The van der Waals surface area contributed by atoms with Crippen LogP contribution in [0.5, 0.6) is 0 Å². The van der Waals surface area contributed by atoms with Gasteiger partial charge in [-0.2, -0.15) is 11.8 Å². The first-order valence-electron chi connectivity index (χ1n) is 5.13. The second kappa shape index (κ2) is 4.70. The Balaban J connectivity index is 2.09. The van der Waals surface area contributed by atoms with Crippen molar-refractivity contribution in [3.63, 3.8) is 0 Å². The Morgan fingerprint density at radius 1 is 1.53 bits per heavy atom. The first-order chi connectivity index (χ1) is 7.27. The number of hydrogen-bond donors (Lipinski definition) is 1. The van der Waals surface area contributed by atoms with Crippen molar-refractivity contribution in [1.82, 2.24) is 9.55 Å². The summed E-state index contributed by atoms with van der Waals surface area (Å²) in [5.74, 6) is 2.83. The molecule has 15 heavy (non-hydrogen) atoms. The van der Waals surface area contributed by atoms with Gasteiger partial charge in [0.1, 0.15) is 0 Å². The highest BCUT2D eigenvalue weighted by Crippen LogP contribution is 2.18. The maximum atomic E-state index is 11.7. The third-order valence-electron chi connectivity index (χ3n) is 2.58. The molecule has 1 N–H and O–H groups in total. The monoisotopic (exact) mass is 225 g/mol. The normalized spacial score (nSPS) is 17.7. The molecule has 2 rings (SSSR count). The minimum Gasteiger partial charge on any atom is -0.363 e. The molecule has 1 aromatic rings. The highest BCUT2D eigenvalue weighted by molar-refractivity contribution is 7.99. The number of aryl methyl sites for hydroxylation is 1. The molecular formula is C10H15N3OS. The smallest absolute Gasteiger partial charge is 0.293 e. The molecular weight excluding hydrogens is 210 g/mol. The molecule has 0 amide bonds. The molecule has 82 valence electrons. The average molecular weight is 225 g/mol. The van der Waals surface area contributed by atoms with E-state index in [1.54, 1.807) is 24.0 Å². The second-order valence-electron chi connectivity index (χ2n) is 3.72. The van der Waals surface area contributed by atoms with Gasteiger partial charge in [-0.1, -0.05) is 0 Å². The molecule has 0 saturated carbocycles. The van der Waals surface area contributed by atoms with Crippen LogP contribution < -0.4 is 10.9 Å². The Morgan fingerprint density at radius 2 is 2.27 bits per heavy atom. The van der Waals surface area contributed by atoms with Crippen LogP contribution in [0.1, 0.15) is 12.8 Å². The molecule has 0 aromatic carbocycles. The van der Waals surface area contributed by atoms with Crippen molar-refractivity contribution >= 4 is 17.6 Å². The zero-order valence-corrected chi connectivity index (χ0v) is 9.59. The van der Waals surface area contributed by atoms with Crippen molar-refractivity contribution < 1.29 is 0 Å². The van der Waals surface area contributed by atoms with Gasteiger partial charge in [0, 0.05) is 25.5 Å². The van der Waals surface area contributed by atoms with E-state index in [-0.39, 0.29) is 5.56 Å². The molecule has 1 saturated heterocycles. The molecule has 1 fully saturated rings. The largest absolute Gasteiger partial charge is 0.363 e. The van der Waals surface area contributed by atoms with Crippen LogP contribution in [0.3, 0.4) is 0 Å². The Kier molecular flexibility index (Phi) is 3.30. The minimum absolute atomic E-state index is 0.0456. The van der Waals surface area contributed by atoms with Crippen LogP contribution in [-0.4, -0.2) is 27.1 Å². The van der Waals surface area contributed by atoms with Crippen LogP contribution in [0.4, 0.5) is 5.82 Å². The average Bonchev–Trinajstić information content (AvgIpc) is 2.26. The summed E-state index contributed by atoms with van der Waals surface area (Å²) in [5, 5.41) is 3.23. The van der Waals surface area contributed by atoms with Gasteiger partial charge in [0.05, 0.1) is 0 Å². The lowest BCUT2D eigenvalue weighted by molar-refractivity contribution is 0.659. The summed E-state index contributed by atoms with van der Waals surface area (Å²) in [4.78, 5) is 15.8. The lowest BCUT2D eigenvalue weighted by Crippen LogP contribution is -2.30. The van der Waals surface area contributed by atoms with Gasteiger partial charge in [-0.15, -0.1) is 0 Å². The fourth-order valence-electron chi connectivity index (χ4n) is 1.63. The Morgan fingerprint density at radius 3 is 3.00 bits per heavy atom. The van der Waals surface area contributed by atoms with E-state index in [1.807, 2.05) is 11.8 Å². The van der Waals surface area contributed by atoms with Gasteiger partial charge in [0.15, 0.2) is 5.82 Å². The molecule has 1 aliphatic heterocycles. The predicted octanol–water partition coefficient (Wildman–Crippen LogP) is 1.09. The van der Waals surface area contributed by atoms with Crippen LogP contribution in [-0.2, 0) is 7.05 Å². The molecule has 0 bridgehead atoms. The van der Waals surface area contributed by atoms with E-state index < -0.39 is 0 Å². The van der Waals surface area contributed by atoms with E-state index >= 15 is 0 Å². The van der Waals surface area contributed by atoms with Crippen LogP contribution >= 0.6 is 11.8 Å². The number of hydrogen-bond acceptors (Lipinski definition) is 4. The van der Waals surface area contributed by atoms with Crippen molar-refractivity contribution in [2.24, 2.45) is 7.05 Å². The standard InChI is InChI=1S/C10H15N3OS/c1-13-5-4-11-9(10(13)14)12-8-2-6-15-7-3-8/h4-5,8H,2-3,6-7H2,1H3,(H,11,12). The topological polar surface area (TPSA) is 46.9 Å². The number of nitrogens with one attached hydrogen (secondary N) is 1. The van der Waals surface area contributed by atoms with E-state index in [0.717, 1.165) is 12.8 Å². The van der Waals surface area contributed by atoms with Crippen molar-refractivity contribution in [3.8, 4) is 0 Å². The maximum Gasteiger partial charge on any atom is 0.293 e. The van der Waals surface area contributed by atoms with Gasteiger partial charge < -0.3 is 9.88 Å². The lowest BCUT2D eigenvalue weighted by Gasteiger charge is -2.22. The highest BCUT2D eigenvalue weighted by Gasteiger charge is 2.15. The van der Waals surface area contributed by atoms with Crippen LogP contribution in [0.25, 0.3) is 0 Å². The Bertz CT molecular complexity index is 384. The van der Waals surface area contributed by atoms with Crippen LogP contribution in [0, 0.1) is 0 Å². The van der Waals surface area contributed by atoms with Gasteiger partial charge in [0.2, 0.25) is 0 Å². The lowest BCUT2D eigenvalue weighted by atomic mass is 10.1. The molecule has 4 nitrogen and oxygen atoms in total. The third-order valence-corrected chi connectivity index (χ3v) is 3.63. The summed E-state index contributed by atoms with van der Waals surface area (Å²) >= 11 is 1.97. The highest BCUT2D eigenvalue weighted by atomic mass is 32.2. The maximum absolute atomic E-state index is 11.7. The summed E-state index contributed by atoms with van der Waals surface area (Å²) in [5.41, 5.74) is -0.0456. The Hall–Kier alpha value is -0.970. The minimum atomic E-state index is -0.0456. The number of aromatic nitrogens is 2. The molecule has 0 spiro atoms. The zero-order valence-electron chi connectivity index (χ0n) is 8.77. The molecule has 0 unspecified atom stereocenters. The van der Waals surface area contributed by atoms with E-state index in [9.17, 15) is 4.79 Å². The van der Waals surface area contributed by atoms with Gasteiger partial charge in [-0.05, 0) is 24.3 Å². The summed E-state index contributed by atoms with van der Waals surface area (Å²) in [6.07, 6.45) is 5.56. The predicted molar refractivity (Wildman–Crippen MR) is 63.4 cm³/mol. The second-order valence-corrected chi connectivity index (χ2v) is 4.95. The van der Waals surface area contributed by atoms with Crippen LogP contribution in [0.15, 0.2) is 17.2 Å². The van der Waals surface area contributed by atoms with Crippen molar-refractivity contribution in [2.75, 3.05) is 16.8 Å². The molecule has 2 heterocycles. The quantitative estimate of drug-likeness (QED) is 0.818. The summed E-state index contributed by atoms with van der Waals surface area (Å²) in [6, 6.07) is 0.411. The van der Waals surface area contributed by atoms with E-state index in [2.05, 4.69) is 10.3 Å². The first-order valence-corrected chi connectivity index (χ1v) is 6.29. The summed E-state index contributed by atoms with van der Waals surface area (Å²) in [6.45, 7) is 0. The van der Waals surface area contributed by atoms with Gasteiger partial charge in [0.25, 0.3) is 5.56 Å². The SMILES string of the molecule is Cn1ccnc(NC2CCSCC2)c1=O.